The second kappa shape index (κ2) is 11.6. The zero-order valence-corrected chi connectivity index (χ0v) is 24.2. The molecule has 1 saturated heterocycles. The first-order chi connectivity index (χ1) is 19.9. The first-order valence-electron chi connectivity index (χ1n) is 13.1. The third kappa shape index (κ3) is 6.66. The first-order valence-corrected chi connectivity index (χ1v) is 14.1. The quantitative estimate of drug-likeness (QED) is 0.185. The predicted octanol–water partition coefficient (Wildman–Crippen LogP) is 6.92. The maximum atomic E-state index is 12.4. The number of ether oxygens (including phenoxy) is 1. The van der Waals surface area contributed by atoms with Crippen molar-refractivity contribution in [1.29, 1.82) is 0 Å². The van der Waals surface area contributed by atoms with Gasteiger partial charge < -0.3 is 9.84 Å². The number of rotatable bonds is 7. The lowest BCUT2D eigenvalue weighted by Gasteiger charge is -2.33. The molecule has 1 aromatic heterocycles. The largest absolute Gasteiger partial charge is 0.573 e. The van der Waals surface area contributed by atoms with Crippen LogP contribution in [0.3, 0.4) is 0 Å². The molecule has 1 aliphatic heterocycles. The molecule has 3 aromatic carbocycles. The average Bonchev–Trinajstić information content (AvgIpc) is 3.53. The maximum Gasteiger partial charge on any atom is 0.573 e. The van der Waals surface area contributed by atoms with Gasteiger partial charge in [0.25, 0.3) is 0 Å². The highest BCUT2D eigenvalue weighted by molar-refractivity contribution is 8.14. The number of aromatic nitrogens is 3. The summed E-state index contributed by atoms with van der Waals surface area (Å²) in [4.78, 5) is 6.17. The fraction of sp³-hybridized carbons (Fsp3) is 0.267. The van der Waals surface area contributed by atoms with Gasteiger partial charge in [0.1, 0.15) is 12.1 Å². The lowest BCUT2D eigenvalue weighted by atomic mass is 9.97. The lowest BCUT2D eigenvalue weighted by Crippen LogP contribution is -2.45. The Morgan fingerprint density at radius 3 is 2.45 bits per heavy atom. The number of nitrogens with zero attached hydrogens (tertiary/aromatic N) is 6. The van der Waals surface area contributed by atoms with Crippen molar-refractivity contribution in [3.8, 4) is 22.8 Å². The van der Waals surface area contributed by atoms with E-state index in [0.717, 1.165) is 27.9 Å². The second-order valence-electron chi connectivity index (χ2n) is 10.4. The molecule has 1 atom stereocenters. The molecule has 12 heteroatoms. The summed E-state index contributed by atoms with van der Waals surface area (Å²) in [6, 6.07) is 19.0. The third-order valence-corrected chi connectivity index (χ3v) is 7.75. The summed E-state index contributed by atoms with van der Waals surface area (Å²) in [6.07, 6.45) is -1.63. The van der Waals surface area contributed by atoms with Crippen LogP contribution in [0, 0.1) is 6.92 Å². The van der Waals surface area contributed by atoms with Crippen molar-refractivity contribution < 1.29 is 23.0 Å². The van der Waals surface area contributed by atoms with E-state index in [4.69, 9.17) is 0 Å². The Morgan fingerprint density at radius 2 is 1.79 bits per heavy atom. The number of thioether (sulfide) groups is 1. The van der Waals surface area contributed by atoms with Crippen molar-refractivity contribution in [2.24, 2.45) is 10.2 Å². The number of alkyl halides is 3. The van der Waals surface area contributed by atoms with E-state index in [0.29, 0.717) is 22.4 Å². The summed E-state index contributed by atoms with van der Waals surface area (Å²) in [5.74, 6) is 0.874. The van der Waals surface area contributed by atoms with Gasteiger partial charge in [0.05, 0.1) is 11.9 Å². The molecule has 0 aliphatic carbocycles. The van der Waals surface area contributed by atoms with Gasteiger partial charge in [-0.1, -0.05) is 67.6 Å². The monoisotopic (exact) mass is 594 g/mol. The molecule has 0 saturated carbocycles. The van der Waals surface area contributed by atoms with Gasteiger partial charge >= 0.3 is 6.36 Å². The van der Waals surface area contributed by atoms with Gasteiger partial charge in [0.15, 0.2) is 16.7 Å². The van der Waals surface area contributed by atoms with Crippen molar-refractivity contribution in [1.82, 2.24) is 14.8 Å². The number of benzene rings is 3. The predicted molar refractivity (Wildman–Crippen MR) is 159 cm³/mol. The van der Waals surface area contributed by atoms with Gasteiger partial charge in [-0.15, -0.1) is 23.4 Å². The SMILES string of the molecule is Cc1ccc(N2C(=NN=Cc3ccc(-c4ncn(-c5ccc(OC(F)(F)F)cc5)n4)cc3)SCC2(C)O)c(C(C)C)c1. The molecule has 0 radical (unpaired) electrons. The van der Waals surface area contributed by atoms with Crippen molar-refractivity contribution in [3.05, 3.63) is 89.7 Å². The molecule has 5 rings (SSSR count). The van der Waals surface area contributed by atoms with Gasteiger partial charge in [-0.25, -0.2) is 9.67 Å². The third-order valence-electron chi connectivity index (χ3n) is 6.54. The summed E-state index contributed by atoms with van der Waals surface area (Å²) < 4.78 is 42.6. The van der Waals surface area contributed by atoms with Crippen LogP contribution in [0.2, 0.25) is 0 Å². The van der Waals surface area contributed by atoms with E-state index < -0.39 is 12.1 Å². The Kier molecular flexibility index (Phi) is 8.11. The zero-order valence-electron chi connectivity index (χ0n) is 23.4. The summed E-state index contributed by atoms with van der Waals surface area (Å²) in [5, 5.41) is 25.0. The van der Waals surface area contributed by atoms with E-state index in [1.807, 2.05) is 41.3 Å². The van der Waals surface area contributed by atoms with Crippen LogP contribution in [0.1, 0.15) is 43.4 Å². The van der Waals surface area contributed by atoms with Crippen LogP contribution in [0.25, 0.3) is 17.1 Å². The second-order valence-corrected chi connectivity index (χ2v) is 11.3. The van der Waals surface area contributed by atoms with E-state index in [1.165, 1.54) is 47.0 Å². The van der Waals surface area contributed by atoms with Crippen LogP contribution in [0.15, 0.2) is 83.3 Å². The summed E-state index contributed by atoms with van der Waals surface area (Å²) in [7, 11) is 0. The highest BCUT2D eigenvalue weighted by Crippen LogP contribution is 2.40. The molecule has 0 amide bonds. The van der Waals surface area contributed by atoms with E-state index in [1.54, 1.807) is 13.1 Å². The van der Waals surface area contributed by atoms with E-state index in [-0.39, 0.29) is 11.7 Å². The molecule has 1 fully saturated rings. The molecule has 4 aromatic rings. The zero-order chi connectivity index (χ0) is 30.1. The van der Waals surface area contributed by atoms with Crippen LogP contribution in [0.4, 0.5) is 18.9 Å². The van der Waals surface area contributed by atoms with Crippen molar-refractivity contribution in [3.63, 3.8) is 0 Å². The molecule has 218 valence electrons. The van der Waals surface area contributed by atoms with Crippen LogP contribution in [-0.2, 0) is 0 Å². The molecule has 8 nitrogen and oxygen atoms in total. The van der Waals surface area contributed by atoms with Gasteiger partial charge in [0, 0.05) is 17.0 Å². The lowest BCUT2D eigenvalue weighted by molar-refractivity contribution is -0.274. The van der Waals surface area contributed by atoms with Crippen LogP contribution < -0.4 is 9.64 Å². The summed E-state index contributed by atoms with van der Waals surface area (Å²) in [6.45, 7) is 8.09. The molecule has 1 aliphatic rings. The molecule has 42 heavy (non-hydrogen) atoms. The smallest absolute Gasteiger partial charge is 0.406 e. The van der Waals surface area contributed by atoms with Gasteiger partial charge in [-0.2, -0.15) is 5.10 Å². The Balaban J connectivity index is 1.30. The molecule has 0 spiro atoms. The van der Waals surface area contributed by atoms with Gasteiger partial charge in [0.2, 0.25) is 0 Å². The van der Waals surface area contributed by atoms with Crippen LogP contribution >= 0.6 is 11.8 Å². The topological polar surface area (TPSA) is 88.1 Å². The fourth-order valence-electron chi connectivity index (χ4n) is 4.50. The Labute approximate surface area is 245 Å². The minimum atomic E-state index is -4.75. The van der Waals surface area contributed by atoms with Crippen molar-refractivity contribution in [2.75, 3.05) is 10.7 Å². The number of anilines is 1. The van der Waals surface area contributed by atoms with E-state index in [2.05, 4.69) is 51.9 Å². The number of hydrogen-bond donors (Lipinski definition) is 1. The van der Waals surface area contributed by atoms with Gasteiger partial charge in [-0.3, -0.25) is 4.90 Å². The first kappa shape index (κ1) is 29.3. The summed E-state index contributed by atoms with van der Waals surface area (Å²) >= 11 is 1.45. The van der Waals surface area contributed by atoms with E-state index in [9.17, 15) is 18.3 Å². The fourth-order valence-corrected chi connectivity index (χ4v) is 5.56. The maximum absolute atomic E-state index is 12.4. The van der Waals surface area contributed by atoms with Gasteiger partial charge in [-0.05, 0) is 61.2 Å². The number of halogens is 3. The normalized spacial score (nSPS) is 18.5. The van der Waals surface area contributed by atoms with E-state index >= 15 is 0 Å². The van der Waals surface area contributed by atoms with Crippen LogP contribution in [-0.4, -0.2) is 49.1 Å². The number of aliphatic hydroxyl groups is 1. The minimum Gasteiger partial charge on any atom is -0.406 e. The average molecular weight is 595 g/mol. The molecule has 1 unspecified atom stereocenters. The Hall–Kier alpha value is -4.16. The molecule has 1 N–H and O–H groups in total. The highest BCUT2D eigenvalue weighted by Gasteiger charge is 2.41. The highest BCUT2D eigenvalue weighted by atomic mass is 32.2. The minimum absolute atomic E-state index is 0.267. The number of amidine groups is 1. The Bertz CT molecular complexity index is 1610. The molecular weight excluding hydrogens is 565 g/mol. The standard InChI is InChI=1S/C30H29F3N6O2S/c1-19(2)25-15-20(3)5-14-26(25)39-28(42-17-29(39,4)40)36-35-16-21-6-8-22(9-7-21)27-34-18-38(37-27)23-10-12-24(13-11-23)41-30(31,32)33/h5-16,18-19,40H,17H2,1-4H3. The number of hydrogen-bond acceptors (Lipinski definition) is 7. The molecule has 2 heterocycles. The molecular formula is C30H29F3N6O2S. The van der Waals surface area contributed by atoms with Crippen LogP contribution in [0.5, 0.6) is 5.75 Å². The summed E-state index contributed by atoms with van der Waals surface area (Å²) in [5.41, 5.74) is 4.20. The van der Waals surface area contributed by atoms with Crippen molar-refractivity contribution >= 4 is 28.8 Å². The Morgan fingerprint density at radius 1 is 1.07 bits per heavy atom. The molecule has 0 bridgehead atoms. The van der Waals surface area contributed by atoms with Crippen molar-refractivity contribution in [2.45, 2.75) is 45.7 Å². The number of aryl methyl sites for hydroxylation is 1.